The molecule has 1 heterocycles. The van der Waals surface area contributed by atoms with Gasteiger partial charge in [0.25, 0.3) is 0 Å². The van der Waals surface area contributed by atoms with Crippen molar-refractivity contribution >= 4 is 10.9 Å². The van der Waals surface area contributed by atoms with Crippen molar-refractivity contribution in [3.63, 3.8) is 0 Å². The second-order valence-electron chi connectivity index (χ2n) is 7.23. The number of hydrogen-bond acceptors (Lipinski definition) is 2. The largest absolute Gasteiger partial charge is 0.313 e. The van der Waals surface area contributed by atoms with Crippen LogP contribution in [-0.4, -0.2) is 22.4 Å². The van der Waals surface area contributed by atoms with Crippen LogP contribution in [0.2, 0.25) is 0 Å². The molecule has 0 amide bonds. The van der Waals surface area contributed by atoms with Crippen molar-refractivity contribution in [1.29, 1.82) is 0 Å². The van der Waals surface area contributed by atoms with Crippen molar-refractivity contribution in [2.24, 2.45) is 18.4 Å². The van der Waals surface area contributed by atoms with Gasteiger partial charge in [0.15, 0.2) is 0 Å². The van der Waals surface area contributed by atoms with E-state index in [2.05, 4.69) is 50.4 Å². The summed E-state index contributed by atoms with van der Waals surface area (Å²) in [4.78, 5) is 0. The molecule has 1 fully saturated rings. The molecule has 1 N–H and O–H groups in total. The molecule has 3 rings (SSSR count). The predicted octanol–water partition coefficient (Wildman–Crippen LogP) is 3.53. The highest BCUT2D eigenvalue weighted by molar-refractivity contribution is 5.81. The summed E-state index contributed by atoms with van der Waals surface area (Å²) in [6.45, 7) is 8.15. The number of aryl methyl sites for hydroxylation is 1. The smallest absolute Gasteiger partial charge is 0.0709 e. The van der Waals surface area contributed by atoms with Crippen molar-refractivity contribution in [1.82, 2.24) is 15.1 Å². The molecule has 1 saturated carbocycles. The summed E-state index contributed by atoms with van der Waals surface area (Å²) in [6.07, 6.45) is 3.73. The third kappa shape index (κ3) is 2.98. The Kier molecular flexibility index (Phi) is 3.78. The maximum absolute atomic E-state index is 4.79. The molecule has 3 nitrogen and oxygen atoms in total. The van der Waals surface area contributed by atoms with Crippen LogP contribution in [0.15, 0.2) is 24.3 Å². The van der Waals surface area contributed by atoms with E-state index in [1.807, 2.05) is 11.7 Å². The second-order valence-corrected chi connectivity index (χ2v) is 7.23. The first-order valence-corrected chi connectivity index (χ1v) is 8.13. The van der Waals surface area contributed by atoms with E-state index in [0.717, 1.165) is 19.0 Å². The molecule has 1 aliphatic carbocycles. The Bertz CT molecular complexity index is 624. The van der Waals surface area contributed by atoms with E-state index in [0.29, 0.717) is 5.92 Å². The van der Waals surface area contributed by atoms with Crippen molar-refractivity contribution in [3.8, 4) is 0 Å². The number of rotatable bonds is 6. The topological polar surface area (TPSA) is 29.9 Å². The van der Waals surface area contributed by atoms with E-state index in [1.165, 1.54) is 29.4 Å². The molecule has 0 spiro atoms. The van der Waals surface area contributed by atoms with Gasteiger partial charge in [0.05, 0.1) is 11.2 Å². The average molecular weight is 285 g/mol. The third-order valence-corrected chi connectivity index (χ3v) is 5.17. The summed E-state index contributed by atoms with van der Waals surface area (Å²) in [5, 5.41) is 9.81. The first-order valence-electron chi connectivity index (χ1n) is 8.13. The average Bonchev–Trinajstić information content (AvgIpc) is 3.24. The first-order chi connectivity index (χ1) is 9.99. The zero-order valence-electron chi connectivity index (χ0n) is 13.7. The van der Waals surface area contributed by atoms with Crippen LogP contribution in [0.1, 0.15) is 39.3 Å². The van der Waals surface area contributed by atoms with Crippen LogP contribution in [0.5, 0.6) is 0 Å². The molecule has 2 aromatic rings. The van der Waals surface area contributed by atoms with Gasteiger partial charge in [-0.25, -0.2) is 0 Å². The van der Waals surface area contributed by atoms with E-state index < -0.39 is 0 Å². The molecule has 0 saturated heterocycles. The Labute approximate surface area is 127 Å². The molecule has 0 bridgehead atoms. The molecule has 114 valence electrons. The summed E-state index contributed by atoms with van der Waals surface area (Å²) in [5.74, 6) is 0.629. The summed E-state index contributed by atoms with van der Waals surface area (Å²) < 4.78 is 2.01. The Morgan fingerprint density at radius 3 is 2.71 bits per heavy atom. The number of aromatic nitrogens is 2. The van der Waals surface area contributed by atoms with Gasteiger partial charge in [-0.2, -0.15) is 5.10 Å². The van der Waals surface area contributed by atoms with Crippen LogP contribution >= 0.6 is 0 Å². The Morgan fingerprint density at radius 1 is 1.33 bits per heavy atom. The monoisotopic (exact) mass is 285 g/mol. The summed E-state index contributed by atoms with van der Waals surface area (Å²) in [5.41, 5.74) is 2.72. The van der Waals surface area contributed by atoms with Crippen LogP contribution in [-0.2, 0) is 13.5 Å². The molecule has 3 heteroatoms. The van der Waals surface area contributed by atoms with Gasteiger partial charge in [-0.1, -0.05) is 39.0 Å². The number of hydrogen-bond donors (Lipinski definition) is 1. The zero-order valence-corrected chi connectivity index (χ0v) is 13.7. The van der Waals surface area contributed by atoms with Crippen LogP contribution in [0.25, 0.3) is 10.9 Å². The van der Waals surface area contributed by atoms with Gasteiger partial charge in [0.1, 0.15) is 0 Å². The minimum absolute atomic E-state index is 0.250. The lowest BCUT2D eigenvalue weighted by atomic mass is 9.75. The molecule has 0 aliphatic heterocycles. The van der Waals surface area contributed by atoms with Crippen LogP contribution in [0.3, 0.4) is 0 Å². The molecule has 1 aliphatic rings. The van der Waals surface area contributed by atoms with Gasteiger partial charge >= 0.3 is 0 Å². The maximum Gasteiger partial charge on any atom is 0.0709 e. The Balaban J connectivity index is 1.86. The van der Waals surface area contributed by atoms with Crippen molar-refractivity contribution < 1.29 is 0 Å². The molecule has 1 aromatic carbocycles. The highest BCUT2D eigenvalue weighted by atomic mass is 15.3. The normalized spacial score (nSPS) is 18.3. The SMILES string of the molecule is CC(C)C(C)(CNC1CC1)Cc1nn(C)c2ccccc12. The fraction of sp³-hybridized carbons (Fsp3) is 0.611. The molecular weight excluding hydrogens is 258 g/mol. The first kappa shape index (κ1) is 14.6. The molecule has 21 heavy (non-hydrogen) atoms. The number of benzene rings is 1. The van der Waals surface area contributed by atoms with E-state index in [-0.39, 0.29) is 5.41 Å². The summed E-state index contributed by atoms with van der Waals surface area (Å²) in [6, 6.07) is 9.32. The molecule has 1 atom stereocenters. The Morgan fingerprint density at radius 2 is 2.05 bits per heavy atom. The lowest BCUT2D eigenvalue weighted by Gasteiger charge is -2.34. The van der Waals surface area contributed by atoms with E-state index in [1.54, 1.807) is 0 Å². The van der Waals surface area contributed by atoms with Crippen LogP contribution in [0.4, 0.5) is 0 Å². The van der Waals surface area contributed by atoms with Gasteiger partial charge in [-0.3, -0.25) is 4.68 Å². The van der Waals surface area contributed by atoms with Crippen molar-refractivity contribution in [2.45, 2.75) is 46.1 Å². The highest BCUT2D eigenvalue weighted by Gasteiger charge is 2.32. The zero-order chi connectivity index (χ0) is 15.0. The highest BCUT2D eigenvalue weighted by Crippen LogP contribution is 2.34. The minimum Gasteiger partial charge on any atom is -0.313 e. The molecule has 0 radical (unpaired) electrons. The lowest BCUT2D eigenvalue weighted by molar-refractivity contribution is 0.205. The van der Waals surface area contributed by atoms with Crippen molar-refractivity contribution in [3.05, 3.63) is 30.0 Å². The van der Waals surface area contributed by atoms with E-state index >= 15 is 0 Å². The van der Waals surface area contributed by atoms with Gasteiger partial charge in [-0.15, -0.1) is 0 Å². The number of para-hydroxylation sites is 1. The van der Waals surface area contributed by atoms with Gasteiger partial charge in [0.2, 0.25) is 0 Å². The number of fused-ring (bicyclic) bond motifs is 1. The van der Waals surface area contributed by atoms with E-state index in [9.17, 15) is 0 Å². The standard InChI is InChI=1S/C18H27N3/c1-13(2)18(3,12-19-14-9-10-14)11-16-15-7-5-6-8-17(15)21(4)20-16/h5-8,13-14,19H,9-12H2,1-4H3. The van der Waals surface area contributed by atoms with E-state index in [4.69, 9.17) is 5.10 Å². The molecule has 1 aromatic heterocycles. The molecule has 1 unspecified atom stereocenters. The fourth-order valence-corrected chi connectivity index (χ4v) is 2.94. The number of nitrogens with zero attached hydrogens (tertiary/aromatic N) is 2. The van der Waals surface area contributed by atoms with Crippen LogP contribution in [0, 0.1) is 11.3 Å². The van der Waals surface area contributed by atoms with Gasteiger partial charge < -0.3 is 5.32 Å². The maximum atomic E-state index is 4.79. The predicted molar refractivity (Wildman–Crippen MR) is 88.4 cm³/mol. The summed E-state index contributed by atoms with van der Waals surface area (Å²) in [7, 11) is 2.04. The van der Waals surface area contributed by atoms with Gasteiger partial charge in [-0.05, 0) is 36.7 Å². The van der Waals surface area contributed by atoms with Crippen LogP contribution < -0.4 is 5.32 Å². The van der Waals surface area contributed by atoms with Gasteiger partial charge in [0, 0.05) is 25.0 Å². The summed E-state index contributed by atoms with van der Waals surface area (Å²) >= 11 is 0. The second kappa shape index (κ2) is 5.45. The Hall–Kier alpha value is -1.35. The molecular formula is C18H27N3. The fourth-order valence-electron chi connectivity index (χ4n) is 2.94. The lowest BCUT2D eigenvalue weighted by Crippen LogP contribution is -2.39. The minimum atomic E-state index is 0.250. The number of nitrogens with one attached hydrogen (secondary N) is 1. The van der Waals surface area contributed by atoms with Crippen molar-refractivity contribution in [2.75, 3.05) is 6.54 Å². The quantitative estimate of drug-likeness (QED) is 0.880. The third-order valence-electron chi connectivity index (χ3n) is 5.17.